The van der Waals surface area contributed by atoms with Gasteiger partial charge in [-0.2, -0.15) is 4.98 Å². The fourth-order valence-electron chi connectivity index (χ4n) is 0.645. The average Bonchev–Trinajstić information content (AvgIpc) is 2.08. The molecule has 0 bridgehead atoms. The Morgan fingerprint density at radius 2 is 1.83 bits per heavy atom. The molecule has 2 N–H and O–H groups in total. The number of hydrogen-bond donors (Lipinski definition) is 1. The molecule has 1 rings (SSSR count). The maximum Gasteiger partial charge on any atom is 0.236 e. The molecule has 0 aliphatic heterocycles. The van der Waals surface area contributed by atoms with Gasteiger partial charge < -0.3 is 10.5 Å². The number of anilines is 1. The maximum absolute atomic E-state index is 5.72. The number of hydrogen-bond acceptors (Lipinski definition) is 3. The van der Waals surface area contributed by atoms with Crippen LogP contribution in [0.15, 0.2) is 0 Å². The topological polar surface area (TPSA) is 48.1 Å². The number of nitrogen functional groups attached to an aromatic ring is 1. The lowest BCUT2D eigenvalue weighted by molar-refractivity contribution is 0.398. The molecule has 0 atom stereocenters. The quantitative estimate of drug-likeness (QED) is 0.750. The summed E-state index contributed by atoms with van der Waals surface area (Å²) < 4.78 is 4.80. The normalized spacial score (nSPS) is 10.0. The smallest absolute Gasteiger partial charge is 0.236 e. The van der Waals surface area contributed by atoms with Crippen LogP contribution in [-0.2, 0) is 0 Å². The van der Waals surface area contributed by atoms with Crippen molar-refractivity contribution in [1.82, 2.24) is 4.98 Å². The highest BCUT2D eigenvalue weighted by Gasteiger charge is 2.13. The van der Waals surface area contributed by atoms with Crippen molar-refractivity contribution < 1.29 is 4.74 Å². The number of aromatic nitrogens is 1. The van der Waals surface area contributed by atoms with Gasteiger partial charge in [-0.15, -0.1) is 0 Å². The Hall–Kier alpha value is -0.380. The molecule has 0 fully saturated rings. The lowest BCUT2D eigenvalue weighted by atomic mass is 10.4. The summed E-state index contributed by atoms with van der Waals surface area (Å²) >= 11 is 17.0. The molecule has 0 aliphatic rings. The van der Waals surface area contributed by atoms with Crippen LogP contribution in [0.3, 0.4) is 0 Å². The summed E-state index contributed by atoms with van der Waals surface area (Å²) in [6.07, 6.45) is 0. The van der Waals surface area contributed by atoms with Gasteiger partial charge in [-0.05, 0) is 0 Å². The molecule has 66 valence electrons. The highest BCUT2D eigenvalue weighted by Crippen LogP contribution is 2.37. The maximum atomic E-state index is 5.72. The third-order valence-corrected chi connectivity index (χ3v) is 2.35. The van der Waals surface area contributed by atoms with Crippen molar-refractivity contribution in [3.8, 4) is 5.88 Å². The zero-order chi connectivity index (χ0) is 9.30. The van der Waals surface area contributed by atoms with Gasteiger partial charge in [0.2, 0.25) is 5.88 Å². The number of methoxy groups -OCH3 is 1. The van der Waals surface area contributed by atoms with Crippen molar-refractivity contribution in [3.05, 3.63) is 15.2 Å². The molecule has 12 heavy (non-hydrogen) atoms. The van der Waals surface area contributed by atoms with Crippen LogP contribution in [0.1, 0.15) is 0 Å². The van der Waals surface area contributed by atoms with E-state index in [0.717, 1.165) is 0 Å². The van der Waals surface area contributed by atoms with E-state index in [4.69, 9.17) is 45.3 Å². The van der Waals surface area contributed by atoms with E-state index in [1.165, 1.54) is 7.11 Å². The van der Waals surface area contributed by atoms with E-state index in [9.17, 15) is 0 Å². The van der Waals surface area contributed by atoms with Crippen LogP contribution >= 0.6 is 34.8 Å². The van der Waals surface area contributed by atoms with Crippen LogP contribution in [0.4, 0.5) is 5.69 Å². The van der Waals surface area contributed by atoms with Crippen LogP contribution in [0, 0.1) is 0 Å². The first-order chi connectivity index (χ1) is 5.57. The van der Waals surface area contributed by atoms with Crippen molar-refractivity contribution in [3.63, 3.8) is 0 Å². The van der Waals surface area contributed by atoms with Gasteiger partial charge in [-0.25, -0.2) is 0 Å². The molecule has 0 aliphatic carbocycles. The Kier molecular flexibility index (Phi) is 2.88. The van der Waals surface area contributed by atoms with Crippen LogP contribution < -0.4 is 10.5 Å². The molecular weight excluding hydrogens is 222 g/mol. The third-order valence-electron chi connectivity index (χ3n) is 1.23. The Morgan fingerprint density at radius 1 is 1.25 bits per heavy atom. The van der Waals surface area contributed by atoms with E-state index >= 15 is 0 Å². The van der Waals surface area contributed by atoms with E-state index < -0.39 is 0 Å². The van der Waals surface area contributed by atoms with E-state index in [1.807, 2.05) is 0 Å². The summed E-state index contributed by atoms with van der Waals surface area (Å²) in [7, 11) is 1.41. The number of nitrogens with two attached hydrogens (primary N) is 1. The second-order valence-electron chi connectivity index (χ2n) is 1.95. The van der Waals surface area contributed by atoms with Gasteiger partial charge in [-0.1, -0.05) is 34.8 Å². The highest BCUT2D eigenvalue weighted by molar-refractivity contribution is 6.45. The first-order valence-corrected chi connectivity index (χ1v) is 4.05. The van der Waals surface area contributed by atoms with Crippen LogP contribution in [-0.4, -0.2) is 12.1 Å². The second kappa shape index (κ2) is 3.56. The van der Waals surface area contributed by atoms with Gasteiger partial charge in [0.1, 0.15) is 10.0 Å². The number of rotatable bonds is 1. The number of pyridine rings is 1. The fourth-order valence-corrected chi connectivity index (χ4v) is 1.22. The summed E-state index contributed by atoms with van der Waals surface area (Å²) in [5, 5.41) is 0.393. The monoisotopic (exact) mass is 226 g/mol. The largest absolute Gasteiger partial charge is 0.480 e. The van der Waals surface area contributed by atoms with Crippen molar-refractivity contribution in [1.29, 1.82) is 0 Å². The highest BCUT2D eigenvalue weighted by atomic mass is 35.5. The molecule has 3 nitrogen and oxygen atoms in total. The SMILES string of the molecule is COc1nc(Cl)c(Cl)c(N)c1Cl. The first kappa shape index (κ1) is 9.71. The van der Waals surface area contributed by atoms with Gasteiger partial charge in [0.05, 0.1) is 12.8 Å². The second-order valence-corrected chi connectivity index (χ2v) is 3.07. The van der Waals surface area contributed by atoms with Gasteiger partial charge in [0.15, 0.2) is 5.15 Å². The Bertz CT molecular complexity index is 316. The Labute approximate surface area is 84.4 Å². The molecule has 1 aromatic rings. The first-order valence-electron chi connectivity index (χ1n) is 2.92. The van der Waals surface area contributed by atoms with Gasteiger partial charge >= 0.3 is 0 Å². The van der Waals surface area contributed by atoms with Crippen molar-refractivity contribution >= 4 is 40.5 Å². The van der Waals surface area contributed by atoms with E-state index in [0.29, 0.717) is 0 Å². The summed E-state index contributed by atoms with van der Waals surface area (Å²) in [6, 6.07) is 0. The van der Waals surface area contributed by atoms with Crippen molar-refractivity contribution in [2.24, 2.45) is 0 Å². The standard InChI is InChI=1S/C6H5Cl3N2O/c1-12-6-3(8)4(10)2(7)5(9)11-6/h1H3,(H2,10,11). The van der Waals surface area contributed by atoms with Crippen LogP contribution in [0.25, 0.3) is 0 Å². The zero-order valence-corrected chi connectivity index (χ0v) is 8.33. The molecule has 1 heterocycles. The van der Waals surface area contributed by atoms with Gasteiger partial charge in [0.25, 0.3) is 0 Å². The van der Waals surface area contributed by atoms with E-state index in [-0.39, 0.29) is 26.8 Å². The average molecular weight is 227 g/mol. The van der Waals surface area contributed by atoms with Gasteiger partial charge in [-0.3, -0.25) is 0 Å². The molecule has 1 aromatic heterocycles. The molecule has 0 radical (unpaired) electrons. The molecule has 0 spiro atoms. The van der Waals surface area contributed by atoms with Gasteiger partial charge in [0, 0.05) is 0 Å². The predicted octanol–water partition coefficient (Wildman–Crippen LogP) is 2.63. The summed E-state index contributed by atoms with van der Waals surface area (Å²) in [5.74, 6) is 0.170. The molecule has 6 heteroatoms. The molecular formula is C6H5Cl3N2O. The Morgan fingerprint density at radius 3 is 2.33 bits per heavy atom. The molecule has 0 saturated heterocycles. The predicted molar refractivity (Wildman–Crippen MR) is 50.2 cm³/mol. The van der Waals surface area contributed by atoms with Crippen molar-refractivity contribution in [2.75, 3.05) is 12.8 Å². The molecule has 0 aromatic carbocycles. The summed E-state index contributed by atoms with van der Waals surface area (Å²) in [4.78, 5) is 3.75. The molecule has 0 unspecified atom stereocenters. The van der Waals surface area contributed by atoms with E-state index in [1.54, 1.807) is 0 Å². The van der Waals surface area contributed by atoms with E-state index in [2.05, 4.69) is 4.98 Å². The number of nitrogens with zero attached hydrogens (tertiary/aromatic N) is 1. The number of ether oxygens (including phenoxy) is 1. The number of halogens is 3. The minimum atomic E-state index is 0.0791. The van der Waals surface area contributed by atoms with Crippen molar-refractivity contribution in [2.45, 2.75) is 0 Å². The fraction of sp³-hybridized carbons (Fsp3) is 0.167. The third kappa shape index (κ3) is 1.53. The zero-order valence-electron chi connectivity index (χ0n) is 6.07. The Balaban J connectivity index is 3.39. The summed E-state index contributed by atoms with van der Waals surface area (Å²) in [6.45, 7) is 0. The molecule has 0 saturated carbocycles. The lowest BCUT2D eigenvalue weighted by Crippen LogP contribution is -1.96. The summed E-state index contributed by atoms with van der Waals surface area (Å²) in [5.41, 5.74) is 5.67. The minimum absolute atomic E-state index is 0.0791. The van der Waals surface area contributed by atoms with Crippen LogP contribution in [0.2, 0.25) is 15.2 Å². The molecule has 0 amide bonds. The lowest BCUT2D eigenvalue weighted by Gasteiger charge is -2.06. The van der Waals surface area contributed by atoms with Crippen LogP contribution in [0.5, 0.6) is 5.88 Å². The minimum Gasteiger partial charge on any atom is -0.480 e.